The quantitative estimate of drug-likeness (QED) is 0.223. The Morgan fingerprint density at radius 1 is 1.12 bits per heavy atom. The molecule has 3 N–H and O–H groups in total. The number of benzene rings is 1. The second-order valence-electron chi connectivity index (χ2n) is 5.10. The molecule has 144 valence electrons. The van der Waals surface area contributed by atoms with Gasteiger partial charge in [0.1, 0.15) is 0 Å². The number of hydrogen-bond acceptors (Lipinski definition) is 3. The number of ether oxygens (including phenoxy) is 1. The molecule has 1 rings (SSSR count). The van der Waals surface area contributed by atoms with E-state index >= 15 is 0 Å². The average molecular weight is 474 g/mol. The van der Waals surface area contributed by atoms with E-state index in [2.05, 4.69) is 20.9 Å². The number of methoxy groups -OCH3 is 1. The summed E-state index contributed by atoms with van der Waals surface area (Å²) in [6.45, 7) is 3.99. The topological polar surface area (TPSA) is 57.7 Å². The maximum absolute atomic E-state index is 12.2. The molecule has 0 bridgehead atoms. The number of rotatable bonds is 9. The number of alkyl halides is 3. The molecule has 0 atom stereocenters. The largest absolute Gasteiger partial charge is 0.390 e. The van der Waals surface area contributed by atoms with Gasteiger partial charge in [-0.15, -0.1) is 24.0 Å². The van der Waals surface area contributed by atoms with Crippen LogP contribution in [0.5, 0.6) is 0 Å². The van der Waals surface area contributed by atoms with Gasteiger partial charge in [0.2, 0.25) is 0 Å². The van der Waals surface area contributed by atoms with Crippen molar-refractivity contribution < 1.29 is 17.9 Å². The average Bonchev–Trinajstić information content (AvgIpc) is 2.53. The summed E-state index contributed by atoms with van der Waals surface area (Å²) in [5, 5.41) is 8.82. The maximum Gasteiger partial charge on any atom is 0.390 e. The van der Waals surface area contributed by atoms with Crippen molar-refractivity contribution in [3.63, 3.8) is 0 Å². The van der Waals surface area contributed by atoms with Crippen molar-refractivity contribution in [2.24, 2.45) is 4.99 Å². The first-order valence-corrected chi connectivity index (χ1v) is 7.85. The highest BCUT2D eigenvalue weighted by Gasteiger charge is 2.26. The molecular weight excluding hydrogens is 448 g/mol. The zero-order valence-electron chi connectivity index (χ0n) is 14.4. The van der Waals surface area contributed by atoms with Crippen LogP contribution in [-0.4, -0.2) is 45.5 Å². The molecule has 0 aliphatic carbocycles. The van der Waals surface area contributed by atoms with E-state index in [1.54, 1.807) is 7.11 Å². The Labute approximate surface area is 163 Å². The first-order valence-electron chi connectivity index (χ1n) is 7.85. The van der Waals surface area contributed by atoms with E-state index in [4.69, 9.17) is 4.74 Å². The van der Waals surface area contributed by atoms with E-state index in [1.165, 1.54) is 0 Å². The van der Waals surface area contributed by atoms with Gasteiger partial charge in [0, 0.05) is 32.4 Å². The molecule has 9 heteroatoms. The lowest BCUT2D eigenvalue weighted by atomic mass is 10.2. The normalized spacial score (nSPS) is 11.6. The van der Waals surface area contributed by atoms with Crippen molar-refractivity contribution in [3.8, 4) is 0 Å². The van der Waals surface area contributed by atoms with Crippen molar-refractivity contribution in [1.29, 1.82) is 0 Å². The summed E-state index contributed by atoms with van der Waals surface area (Å²) in [6.07, 6.45) is -5.06. The van der Waals surface area contributed by atoms with Crippen LogP contribution in [0.3, 0.4) is 0 Å². The van der Waals surface area contributed by atoms with E-state index < -0.39 is 12.6 Å². The number of nitrogens with zero attached hydrogens (tertiary/aromatic N) is 1. The first kappa shape index (κ1) is 23.8. The molecule has 25 heavy (non-hydrogen) atoms. The Hall–Kier alpha value is -1.23. The van der Waals surface area contributed by atoms with E-state index in [0.29, 0.717) is 25.7 Å². The van der Waals surface area contributed by atoms with Crippen LogP contribution in [0.15, 0.2) is 29.3 Å². The van der Waals surface area contributed by atoms with Crippen molar-refractivity contribution >= 4 is 35.6 Å². The Bertz CT molecular complexity index is 495. The maximum atomic E-state index is 12.2. The standard InChI is InChI=1S/C16H25F3N4O.HI/c1-3-20-15(22-9-8-16(17,18)19)23-12-13-4-6-14(7-5-13)21-10-11-24-2;/h4-7,21H,3,8-12H2,1-2H3,(H2,20,22,23);1H. The summed E-state index contributed by atoms with van der Waals surface area (Å²) >= 11 is 0. The molecule has 5 nitrogen and oxygen atoms in total. The Morgan fingerprint density at radius 3 is 2.36 bits per heavy atom. The third-order valence-electron chi connectivity index (χ3n) is 3.05. The highest BCUT2D eigenvalue weighted by Crippen LogP contribution is 2.18. The first-order chi connectivity index (χ1) is 11.4. The fraction of sp³-hybridized carbons (Fsp3) is 0.562. The number of nitrogens with one attached hydrogen (secondary N) is 3. The summed E-state index contributed by atoms with van der Waals surface area (Å²) in [5.74, 6) is 0.379. The van der Waals surface area contributed by atoms with Gasteiger partial charge in [-0.2, -0.15) is 13.2 Å². The van der Waals surface area contributed by atoms with Crippen molar-refractivity contribution in [2.45, 2.75) is 26.1 Å². The van der Waals surface area contributed by atoms with Crippen LogP contribution in [0.4, 0.5) is 18.9 Å². The Kier molecular flexibility index (Phi) is 12.4. The van der Waals surface area contributed by atoms with Gasteiger partial charge >= 0.3 is 6.18 Å². The third-order valence-corrected chi connectivity index (χ3v) is 3.05. The van der Waals surface area contributed by atoms with Crippen LogP contribution in [-0.2, 0) is 11.3 Å². The molecule has 0 aliphatic rings. The number of aliphatic imine (C=N–C) groups is 1. The van der Waals surface area contributed by atoms with Crippen molar-refractivity contribution in [3.05, 3.63) is 29.8 Å². The van der Waals surface area contributed by atoms with Gasteiger partial charge < -0.3 is 20.7 Å². The molecule has 0 amide bonds. The number of halogens is 4. The molecule has 0 radical (unpaired) electrons. The van der Waals surface area contributed by atoms with Crippen molar-refractivity contribution in [1.82, 2.24) is 10.6 Å². The fourth-order valence-electron chi connectivity index (χ4n) is 1.86. The van der Waals surface area contributed by atoms with Gasteiger partial charge in [0.15, 0.2) is 5.96 Å². The Balaban J connectivity index is 0.00000576. The summed E-state index contributed by atoms with van der Waals surface area (Å²) in [4.78, 5) is 4.30. The molecule has 0 fully saturated rings. The van der Waals surface area contributed by atoms with Crippen LogP contribution in [0.1, 0.15) is 18.9 Å². The summed E-state index contributed by atoms with van der Waals surface area (Å²) in [6, 6.07) is 7.73. The van der Waals surface area contributed by atoms with Crippen LogP contribution < -0.4 is 16.0 Å². The van der Waals surface area contributed by atoms with Gasteiger partial charge in [-0.3, -0.25) is 0 Å². The highest BCUT2D eigenvalue weighted by atomic mass is 127. The summed E-state index contributed by atoms with van der Waals surface area (Å²) in [7, 11) is 1.65. The molecule has 0 saturated carbocycles. The van der Waals surface area contributed by atoms with Gasteiger partial charge in [-0.25, -0.2) is 4.99 Å². The number of anilines is 1. The minimum Gasteiger partial charge on any atom is -0.383 e. The molecule has 0 aliphatic heterocycles. The fourth-order valence-corrected chi connectivity index (χ4v) is 1.86. The van der Waals surface area contributed by atoms with Gasteiger partial charge in [-0.05, 0) is 24.6 Å². The minimum atomic E-state index is -4.17. The summed E-state index contributed by atoms with van der Waals surface area (Å²) < 4.78 is 41.5. The number of hydrogen-bond donors (Lipinski definition) is 3. The van der Waals surface area contributed by atoms with E-state index in [-0.39, 0.29) is 30.5 Å². The third kappa shape index (κ3) is 11.9. The van der Waals surface area contributed by atoms with Gasteiger partial charge in [0.25, 0.3) is 0 Å². The second kappa shape index (κ2) is 13.0. The molecule has 0 unspecified atom stereocenters. The zero-order valence-corrected chi connectivity index (χ0v) is 16.8. The predicted molar refractivity (Wildman–Crippen MR) is 106 cm³/mol. The van der Waals surface area contributed by atoms with E-state index in [0.717, 1.165) is 17.8 Å². The number of guanidine groups is 1. The monoisotopic (exact) mass is 474 g/mol. The molecule has 0 heterocycles. The zero-order chi connectivity index (χ0) is 17.8. The lowest BCUT2D eigenvalue weighted by Crippen LogP contribution is -2.38. The van der Waals surface area contributed by atoms with E-state index in [1.807, 2.05) is 31.2 Å². The molecular formula is C16H26F3IN4O. The molecule has 1 aromatic rings. The minimum absolute atomic E-state index is 0. The molecule has 0 saturated heterocycles. The molecule has 0 spiro atoms. The smallest absolute Gasteiger partial charge is 0.383 e. The van der Waals surface area contributed by atoms with Crippen LogP contribution in [0.25, 0.3) is 0 Å². The Morgan fingerprint density at radius 2 is 1.80 bits per heavy atom. The molecule has 0 aromatic heterocycles. The van der Waals surface area contributed by atoms with Gasteiger partial charge in [0.05, 0.1) is 19.6 Å². The van der Waals surface area contributed by atoms with Gasteiger partial charge in [-0.1, -0.05) is 12.1 Å². The van der Waals surface area contributed by atoms with Crippen LogP contribution >= 0.6 is 24.0 Å². The SMILES string of the molecule is CCNC(=NCc1ccc(NCCOC)cc1)NCCC(F)(F)F.I. The highest BCUT2D eigenvalue weighted by molar-refractivity contribution is 14.0. The van der Waals surface area contributed by atoms with E-state index in [9.17, 15) is 13.2 Å². The van der Waals surface area contributed by atoms with Crippen molar-refractivity contribution in [2.75, 3.05) is 38.7 Å². The lowest BCUT2D eigenvalue weighted by molar-refractivity contribution is -0.132. The van der Waals surface area contributed by atoms with Crippen LogP contribution in [0.2, 0.25) is 0 Å². The van der Waals surface area contributed by atoms with Crippen LogP contribution in [0, 0.1) is 0 Å². The predicted octanol–water partition coefficient (Wildman–Crippen LogP) is 3.37. The second-order valence-corrected chi connectivity index (χ2v) is 5.10. The summed E-state index contributed by atoms with van der Waals surface area (Å²) in [5.41, 5.74) is 1.95. The lowest BCUT2D eigenvalue weighted by Gasteiger charge is -2.12. The molecule has 1 aromatic carbocycles.